The number of aliphatic hydroxyl groups excluding tert-OH is 1. The second kappa shape index (κ2) is 3.79. The first kappa shape index (κ1) is 9.81. The number of aliphatic hydroxyl groups is 1. The lowest BCUT2D eigenvalue weighted by Crippen LogP contribution is -2.14. The Morgan fingerprint density at radius 1 is 1.67 bits per heavy atom. The van der Waals surface area contributed by atoms with E-state index in [4.69, 9.17) is 15.4 Å². The minimum absolute atomic E-state index is 0.216. The molecule has 0 fully saturated rings. The third-order valence-corrected chi connectivity index (χ3v) is 2.00. The number of imidazole rings is 1. The molecule has 2 heterocycles. The van der Waals surface area contributed by atoms with E-state index in [0.29, 0.717) is 5.82 Å². The van der Waals surface area contributed by atoms with Gasteiger partial charge in [-0.25, -0.2) is 4.98 Å². The molecular weight excluding hydrogens is 198 g/mol. The monoisotopic (exact) mass is 209 g/mol. The van der Waals surface area contributed by atoms with E-state index in [2.05, 4.69) is 15.1 Å². The summed E-state index contributed by atoms with van der Waals surface area (Å²) in [7, 11) is 1.82. The van der Waals surface area contributed by atoms with Crippen LogP contribution in [-0.2, 0) is 7.05 Å². The summed E-state index contributed by atoms with van der Waals surface area (Å²) in [4.78, 5) is 7.99. The van der Waals surface area contributed by atoms with E-state index < -0.39 is 6.04 Å². The van der Waals surface area contributed by atoms with Crippen molar-refractivity contribution in [1.82, 2.24) is 19.7 Å². The quantitative estimate of drug-likeness (QED) is 0.703. The molecule has 3 N–H and O–H groups in total. The number of nitrogens with zero attached hydrogens (tertiary/aromatic N) is 4. The molecule has 2 aromatic heterocycles. The summed E-state index contributed by atoms with van der Waals surface area (Å²) in [6.07, 6.45) is 3.26. The fourth-order valence-corrected chi connectivity index (χ4v) is 1.14. The summed E-state index contributed by atoms with van der Waals surface area (Å²) in [6, 6.07) is -0.639. The Balaban J connectivity index is 2.32. The third kappa shape index (κ3) is 1.74. The van der Waals surface area contributed by atoms with Crippen LogP contribution in [0.2, 0.25) is 0 Å². The molecule has 0 unspecified atom stereocenters. The molecule has 80 valence electrons. The van der Waals surface area contributed by atoms with Gasteiger partial charge in [0.25, 0.3) is 0 Å². The molecular formula is C8H11N5O2. The van der Waals surface area contributed by atoms with Crippen LogP contribution in [0.4, 0.5) is 0 Å². The molecule has 1 atom stereocenters. The van der Waals surface area contributed by atoms with Crippen molar-refractivity contribution >= 4 is 0 Å². The van der Waals surface area contributed by atoms with E-state index in [1.165, 1.54) is 0 Å². The Morgan fingerprint density at radius 2 is 2.47 bits per heavy atom. The molecule has 7 heteroatoms. The number of rotatable bonds is 3. The molecule has 0 aliphatic rings. The summed E-state index contributed by atoms with van der Waals surface area (Å²) in [5.41, 5.74) is 6.26. The maximum Gasteiger partial charge on any atom is 0.246 e. The van der Waals surface area contributed by atoms with Gasteiger partial charge in [-0.2, -0.15) is 4.98 Å². The first-order valence-corrected chi connectivity index (χ1v) is 4.39. The van der Waals surface area contributed by atoms with E-state index >= 15 is 0 Å². The van der Waals surface area contributed by atoms with Crippen LogP contribution in [0.15, 0.2) is 17.0 Å². The van der Waals surface area contributed by atoms with Crippen molar-refractivity contribution in [2.75, 3.05) is 6.61 Å². The van der Waals surface area contributed by atoms with Crippen LogP contribution in [0.5, 0.6) is 0 Å². The fourth-order valence-electron chi connectivity index (χ4n) is 1.14. The van der Waals surface area contributed by atoms with Crippen LogP contribution in [-0.4, -0.2) is 31.4 Å². The Labute approximate surface area is 85.5 Å². The second-order valence-corrected chi connectivity index (χ2v) is 3.14. The Bertz CT molecular complexity index is 449. The van der Waals surface area contributed by atoms with Crippen LogP contribution >= 0.6 is 0 Å². The van der Waals surface area contributed by atoms with Gasteiger partial charge in [0.15, 0.2) is 0 Å². The van der Waals surface area contributed by atoms with Gasteiger partial charge in [0.2, 0.25) is 11.7 Å². The van der Waals surface area contributed by atoms with Crippen LogP contribution in [0.3, 0.4) is 0 Å². The average molecular weight is 209 g/mol. The zero-order valence-corrected chi connectivity index (χ0v) is 8.16. The summed E-state index contributed by atoms with van der Waals surface area (Å²) >= 11 is 0. The zero-order valence-electron chi connectivity index (χ0n) is 8.16. The molecule has 0 saturated carbocycles. The number of hydrogen-bond donors (Lipinski definition) is 2. The molecule has 0 spiro atoms. The lowest BCUT2D eigenvalue weighted by molar-refractivity contribution is 0.237. The molecule has 0 radical (unpaired) electrons. The van der Waals surface area contributed by atoms with Gasteiger partial charge in [-0.05, 0) is 0 Å². The molecule has 7 nitrogen and oxygen atoms in total. The number of aromatic nitrogens is 4. The van der Waals surface area contributed by atoms with Gasteiger partial charge in [0.05, 0.1) is 19.1 Å². The molecule has 0 bridgehead atoms. The van der Waals surface area contributed by atoms with E-state index in [0.717, 1.165) is 5.69 Å². The summed E-state index contributed by atoms with van der Waals surface area (Å²) in [6.45, 7) is -0.229. The van der Waals surface area contributed by atoms with Gasteiger partial charge in [-0.3, -0.25) is 0 Å². The highest BCUT2D eigenvalue weighted by Crippen LogP contribution is 2.16. The minimum Gasteiger partial charge on any atom is -0.394 e. The summed E-state index contributed by atoms with van der Waals surface area (Å²) in [5, 5.41) is 12.6. The first-order chi connectivity index (χ1) is 7.22. The van der Waals surface area contributed by atoms with Crippen LogP contribution in [0, 0.1) is 0 Å². The van der Waals surface area contributed by atoms with Gasteiger partial charge < -0.3 is 19.9 Å². The highest BCUT2D eigenvalue weighted by atomic mass is 16.5. The lowest BCUT2D eigenvalue weighted by atomic mass is 10.3. The van der Waals surface area contributed by atoms with E-state index in [9.17, 15) is 0 Å². The number of nitrogens with two attached hydrogens (primary N) is 1. The SMILES string of the molecule is Cn1cncc1-c1noc([C@H](N)CO)n1. The lowest BCUT2D eigenvalue weighted by Gasteiger charge is -1.98. The highest BCUT2D eigenvalue weighted by molar-refractivity contribution is 5.47. The predicted molar refractivity (Wildman–Crippen MR) is 50.5 cm³/mol. The summed E-state index contributed by atoms with van der Waals surface area (Å²) in [5.74, 6) is 0.627. The molecule has 2 aromatic rings. The Kier molecular flexibility index (Phi) is 2.48. The second-order valence-electron chi connectivity index (χ2n) is 3.14. The Hall–Kier alpha value is -1.73. The largest absolute Gasteiger partial charge is 0.394 e. The van der Waals surface area contributed by atoms with Crippen molar-refractivity contribution in [3.8, 4) is 11.5 Å². The first-order valence-electron chi connectivity index (χ1n) is 4.39. The van der Waals surface area contributed by atoms with Gasteiger partial charge in [0, 0.05) is 7.05 Å². The average Bonchev–Trinajstić information content (AvgIpc) is 2.84. The summed E-state index contributed by atoms with van der Waals surface area (Å²) < 4.78 is 6.67. The molecule has 15 heavy (non-hydrogen) atoms. The van der Waals surface area contributed by atoms with Crippen molar-refractivity contribution in [2.24, 2.45) is 12.8 Å². The van der Waals surface area contributed by atoms with E-state index in [-0.39, 0.29) is 12.5 Å². The number of aryl methyl sites for hydroxylation is 1. The fraction of sp³-hybridized carbons (Fsp3) is 0.375. The normalized spacial score (nSPS) is 13.0. The minimum atomic E-state index is -0.639. The molecule has 0 aromatic carbocycles. The van der Waals surface area contributed by atoms with Crippen molar-refractivity contribution in [2.45, 2.75) is 6.04 Å². The third-order valence-electron chi connectivity index (χ3n) is 2.00. The van der Waals surface area contributed by atoms with Gasteiger partial charge >= 0.3 is 0 Å². The van der Waals surface area contributed by atoms with Gasteiger partial charge in [0.1, 0.15) is 11.7 Å². The van der Waals surface area contributed by atoms with E-state index in [1.54, 1.807) is 17.1 Å². The van der Waals surface area contributed by atoms with Crippen LogP contribution < -0.4 is 5.73 Å². The maximum atomic E-state index is 8.81. The van der Waals surface area contributed by atoms with Crippen LogP contribution in [0.1, 0.15) is 11.9 Å². The topological polar surface area (TPSA) is 103 Å². The molecule has 2 rings (SSSR count). The zero-order chi connectivity index (χ0) is 10.8. The highest BCUT2D eigenvalue weighted by Gasteiger charge is 2.16. The van der Waals surface area contributed by atoms with Gasteiger partial charge in [-0.1, -0.05) is 5.16 Å². The van der Waals surface area contributed by atoms with Crippen LogP contribution in [0.25, 0.3) is 11.5 Å². The maximum absolute atomic E-state index is 8.81. The molecule has 0 aliphatic carbocycles. The van der Waals surface area contributed by atoms with Crippen molar-refractivity contribution in [3.05, 3.63) is 18.4 Å². The number of hydrogen-bond acceptors (Lipinski definition) is 6. The van der Waals surface area contributed by atoms with E-state index in [1.807, 2.05) is 7.05 Å². The molecule has 0 amide bonds. The molecule has 0 aliphatic heterocycles. The van der Waals surface area contributed by atoms with Crippen molar-refractivity contribution < 1.29 is 9.63 Å². The molecule has 0 saturated heterocycles. The Morgan fingerprint density at radius 3 is 3.07 bits per heavy atom. The van der Waals surface area contributed by atoms with Crippen molar-refractivity contribution in [1.29, 1.82) is 0 Å². The smallest absolute Gasteiger partial charge is 0.246 e. The standard InChI is InChI=1S/C8H11N5O2/c1-13-4-10-2-6(13)7-11-8(15-12-7)5(9)3-14/h2,4-5,14H,3,9H2,1H3/t5-/m1/s1. The predicted octanol–water partition coefficient (Wildman–Crippen LogP) is -0.538. The van der Waals surface area contributed by atoms with Gasteiger partial charge in [-0.15, -0.1) is 0 Å². The van der Waals surface area contributed by atoms with Crippen molar-refractivity contribution in [3.63, 3.8) is 0 Å².